The highest BCUT2D eigenvalue weighted by Crippen LogP contribution is 2.30. The SMILES string of the molecule is O=C(Nc1cccc(C(F)(F)F)c1)c1n[nH]c2ccccc12. The Bertz CT molecular complexity index is 839. The van der Waals surface area contributed by atoms with Crippen LogP contribution in [0.25, 0.3) is 10.9 Å². The van der Waals surface area contributed by atoms with E-state index in [1.54, 1.807) is 24.3 Å². The maximum absolute atomic E-state index is 12.7. The van der Waals surface area contributed by atoms with Crippen molar-refractivity contribution in [3.8, 4) is 0 Å². The van der Waals surface area contributed by atoms with Crippen molar-refractivity contribution in [2.75, 3.05) is 5.32 Å². The first-order valence-corrected chi connectivity index (χ1v) is 6.37. The molecule has 2 aromatic carbocycles. The number of hydrogen-bond acceptors (Lipinski definition) is 2. The average Bonchev–Trinajstić information content (AvgIpc) is 2.90. The molecule has 0 aliphatic rings. The van der Waals surface area contributed by atoms with Gasteiger partial charge in [-0.15, -0.1) is 0 Å². The standard InChI is InChI=1S/C15H10F3N3O/c16-15(17,18)9-4-3-5-10(8-9)19-14(22)13-11-6-1-2-7-12(11)20-21-13/h1-8H,(H,19,22)(H,20,21). The number of anilines is 1. The van der Waals surface area contributed by atoms with Gasteiger partial charge in [0.25, 0.3) is 5.91 Å². The van der Waals surface area contributed by atoms with Gasteiger partial charge in [-0.2, -0.15) is 18.3 Å². The van der Waals surface area contributed by atoms with E-state index in [2.05, 4.69) is 15.5 Å². The van der Waals surface area contributed by atoms with Crippen LogP contribution in [0.3, 0.4) is 0 Å². The molecule has 4 nitrogen and oxygen atoms in total. The van der Waals surface area contributed by atoms with E-state index in [0.29, 0.717) is 10.9 Å². The number of carbonyl (C=O) groups excluding carboxylic acids is 1. The molecule has 0 spiro atoms. The molecule has 0 radical (unpaired) electrons. The molecule has 0 fully saturated rings. The average molecular weight is 305 g/mol. The van der Waals surface area contributed by atoms with Crippen LogP contribution in [0.4, 0.5) is 18.9 Å². The molecule has 3 aromatic rings. The van der Waals surface area contributed by atoms with Crippen molar-refractivity contribution in [1.29, 1.82) is 0 Å². The molecule has 2 N–H and O–H groups in total. The summed E-state index contributed by atoms with van der Waals surface area (Å²) in [5.74, 6) is -0.572. The maximum atomic E-state index is 12.7. The minimum absolute atomic E-state index is 0.0620. The van der Waals surface area contributed by atoms with Crippen LogP contribution in [0.5, 0.6) is 0 Å². The number of nitrogens with one attached hydrogen (secondary N) is 2. The number of rotatable bonds is 2. The first-order chi connectivity index (χ1) is 10.4. The van der Waals surface area contributed by atoms with E-state index < -0.39 is 17.6 Å². The van der Waals surface area contributed by atoms with Crippen LogP contribution in [0.1, 0.15) is 16.1 Å². The number of nitrogens with zero attached hydrogens (tertiary/aromatic N) is 1. The lowest BCUT2D eigenvalue weighted by Gasteiger charge is -2.09. The Balaban J connectivity index is 1.89. The van der Waals surface area contributed by atoms with Crippen molar-refractivity contribution < 1.29 is 18.0 Å². The number of para-hydroxylation sites is 1. The lowest BCUT2D eigenvalue weighted by Crippen LogP contribution is -2.14. The van der Waals surface area contributed by atoms with Crippen molar-refractivity contribution in [2.24, 2.45) is 0 Å². The van der Waals surface area contributed by atoms with Crippen LogP contribution in [0.15, 0.2) is 48.5 Å². The van der Waals surface area contributed by atoms with Gasteiger partial charge in [0, 0.05) is 11.1 Å². The summed E-state index contributed by atoms with van der Waals surface area (Å²) in [5, 5.41) is 9.63. The molecule has 112 valence electrons. The molecule has 1 heterocycles. The van der Waals surface area contributed by atoms with Crippen LogP contribution in [-0.4, -0.2) is 16.1 Å². The molecule has 0 unspecified atom stereocenters. The Labute approximate surface area is 123 Å². The third-order valence-electron chi connectivity index (χ3n) is 3.13. The lowest BCUT2D eigenvalue weighted by molar-refractivity contribution is -0.137. The van der Waals surface area contributed by atoms with Crippen molar-refractivity contribution in [1.82, 2.24) is 10.2 Å². The number of H-pyrrole nitrogens is 1. The molecule has 0 bridgehead atoms. The monoisotopic (exact) mass is 305 g/mol. The number of amides is 1. The Hall–Kier alpha value is -2.83. The summed E-state index contributed by atoms with van der Waals surface area (Å²) in [4.78, 5) is 12.2. The van der Waals surface area contributed by atoms with Crippen molar-refractivity contribution in [3.05, 3.63) is 59.8 Å². The van der Waals surface area contributed by atoms with E-state index in [0.717, 1.165) is 12.1 Å². The van der Waals surface area contributed by atoms with Crippen LogP contribution >= 0.6 is 0 Å². The number of aromatic amines is 1. The molecule has 0 aliphatic carbocycles. The highest BCUT2D eigenvalue weighted by atomic mass is 19.4. The minimum atomic E-state index is -4.46. The van der Waals surface area contributed by atoms with Gasteiger partial charge in [0.2, 0.25) is 0 Å². The summed E-state index contributed by atoms with van der Waals surface area (Å²) >= 11 is 0. The molecule has 0 saturated carbocycles. The van der Waals surface area contributed by atoms with Crippen molar-refractivity contribution in [2.45, 2.75) is 6.18 Å². The van der Waals surface area contributed by atoms with Gasteiger partial charge >= 0.3 is 6.18 Å². The Morgan fingerprint density at radius 3 is 2.64 bits per heavy atom. The van der Waals surface area contributed by atoms with Crippen LogP contribution in [0.2, 0.25) is 0 Å². The predicted molar refractivity (Wildman–Crippen MR) is 75.5 cm³/mol. The third kappa shape index (κ3) is 2.65. The molecule has 0 saturated heterocycles. The number of benzene rings is 2. The molecule has 0 aliphatic heterocycles. The summed E-state index contributed by atoms with van der Waals surface area (Å²) in [6, 6.07) is 11.5. The van der Waals surface area contributed by atoms with E-state index in [1.165, 1.54) is 12.1 Å². The first-order valence-electron chi connectivity index (χ1n) is 6.37. The maximum Gasteiger partial charge on any atom is 0.416 e. The zero-order valence-electron chi connectivity index (χ0n) is 11.1. The molecule has 3 rings (SSSR count). The molecule has 22 heavy (non-hydrogen) atoms. The number of hydrogen-bond donors (Lipinski definition) is 2. The van der Waals surface area contributed by atoms with Gasteiger partial charge < -0.3 is 5.32 Å². The molecule has 1 aromatic heterocycles. The minimum Gasteiger partial charge on any atom is -0.321 e. The zero-order chi connectivity index (χ0) is 15.7. The van der Waals surface area contributed by atoms with E-state index in [4.69, 9.17) is 0 Å². The smallest absolute Gasteiger partial charge is 0.321 e. The molecule has 1 amide bonds. The topological polar surface area (TPSA) is 57.8 Å². The second-order valence-electron chi connectivity index (χ2n) is 4.65. The Kier molecular flexibility index (Phi) is 3.32. The summed E-state index contributed by atoms with van der Waals surface area (Å²) in [6.45, 7) is 0. The third-order valence-corrected chi connectivity index (χ3v) is 3.13. The zero-order valence-corrected chi connectivity index (χ0v) is 11.1. The highest BCUT2D eigenvalue weighted by Gasteiger charge is 2.30. The van der Waals surface area contributed by atoms with Gasteiger partial charge in [-0.05, 0) is 24.3 Å². The van der Waals surface area contributed by atoms with Crippen LogP contribution in [0, 0.1) is 0 Å². The van der Waals surface area contributed by atoms with Crippen molar-refractivity contribution in [3.63, 3.8) is 0 Å². The molecule has 7 heteroatoms. The second kappa shape index (κ2) is 5.18. The number of aromatic nitrogens is 2. The van der Waals surface area contributed by atoms with Crippen LogP contribution < -0.4 is 5.32 Å². The first kappa shape index (κ1) is 14.1. The van der Waals surface area contributed by atoms with Gasteiger partial charge in [0.15, 0.2) is 5.69 Å². The molecular formula is C15H10F3N3O. The van der Waals surface area contributed by atoms with Gasteiger partial charge in [-0.1, -0.05) is 24.3 Å². The fourth-order valence-electron chi connectivity index (χ4n) is 2.10. The van der Waals surface area contributed by atoms with Gasteiger partial charge in [0.1, 0.15) is 0 Å². The summed E-state index contributed by atoms with van der Waals surface area (Å²) < 4.78 is 38.0. The van der Waals surface area contributed by atoms with Gasteiger partial charge in [-0.3, -0.25) is 9.89 Å². The lowest BCUT2D eigenvalue weighted by atomic mass is 10.1. The van der Waals surface area contributed by atoms with Crippen molar-refractivity contribution >= 4 is 22.5 Å². The Morgan fingerprint density at radius 2 is 1.86 bits per heavy atom. The molecular weight excluding hydrogens is 295 g/mol. The fourth-order valence-corrected chi connectivity index (χ4v) is 2.10. The summed E-state index contributed by atoms with van der Waals surface area (Å²) in [6.07, 6.45) is -4.46. The van der Waals surface area contributed by atoms with E-state index in [9.17, 15) is 18.0 Å². The molecule has 0 atom stereocenters. The Morgan fingerprint density at radius 1 is 1.09 bits per heavy atom. The number of alkyl halides is 3. The predicted octanol–water partition coefficient (Wildman–Crippen LogP) is 3.83. The van der Waals surface area contributed by atoms with E-state index in [1.807, 2.05) is 0 Å². The van der Waals surface area contributed by atoms with Gasteiger partial charge in [0.05, 0.1) is 11.1 Å². The second-order valence-corrected chi connectivity index (χ2v) is 4.65. The number of fused-ring (bicyclic) bond motifs is 1. The normalized spacial score (nSPS) is 11.6. The van der Waals surface area contributed by atoms with Crippen LogP contribution in [-0.2, 0) is 6.18 Å². The highest BCUT2D eigenvalue weighted by molar-refractivity contribution is 6.11. The number of halogens is 3. The largest absolute Gasteiger partial charge is 0.416 e. The number of carbonyl (C=O) groups is 1. The summed E-state index contributed by atoms with van der Waals surface area (Å²) in [7, 11) is 0. The van der Waals surface area contributed by atoms with E-state index >= 15 is 0 Å². The quantitative estimate of drug-likeness (QED) is 0.756. The van der Waals surface area contributed by atoms with Gasteiger partial charge in [-0.25, -0.2) is 0 Å². The fraction of sp³-hybridized carbons (Fsp3) is 0.0667. The summed E-state index contributed by atoms with van der Waals surface area (Å²) in [5.41, 5.74) is 0.0498. The van der Waals surface area contributed by atoms with E-state index in [-0.39, 0.29) is 11.4 Å².